The van der Waals surface area contributed by atoms with Crippen molar-refractivity contribution in [3.05, 3.63) is 64.1 Å². The zero-order valence-electron chi connectivity index (χ0n) is 15.4. The van der Waals surface area contributed by atoms with E-state index in [0.29, 0.717) is 28.4 Å². The normalized spacial score (nSPS) is 15.2. The summed E-state index contributed by atoms with van der Waals surface area (Å²) in [6.07, 6.45) is 1.93. The highest BCUT2D eigenvalue weighted by molar-refractivity contribution is 6.34. The van der Waals surface area contributed by atoms with Crippen LogP contribution in [0, 0.1) is 0 Å². The molecule has 0 atom stereocenters. The highest BCUT2D eigenvalue weighted by Gasteiger charge is 2.25. The molecule has 4 nitrogen and oxygen atoms in total. The summed E-state index contributed by atoms with van der Waals surface area (Å²) in [5, 5.41) is 1.17. The predicted molar refractivity (Wildman–Crippen MR) is 110 cm³/mol. The maximum absolute atomic E-state index is 12.5. The summed E-state index contributed by atoms with van der Waals surface area (Å²) in [5.41, 5.74) is 0.760. The number of rotatable bonds is 6. The molecule has 2 aromatic rings. The van der Waals surface area contributed by atoms with Gasteiger partial charge in [0.1, 0.15) is 12.4 Å². The average Bonchev–Trinajstić information content (AvgIpc) is 2.70. The van der Waals surface area contributed by atoms with E-state index in [1.807, 2.05) is 35.2 Å². The first kappa shape index (κ1) is 20.0. The van der Waals surface area contributed by atoms with Crippen LogP contribution in [0.15, 0.2) is 48.5 Å². The second-order valence-electron chi connectivity index (χ2n) is 6.79. The molecular weight excluding hydrogens is 383 g/mol. The number of carbonyl (C=O) groups excluding carboxylic acids is 1. The van der Waals surface area contributed by atoms with E-state index >= 15 is 0 Å². The van der Waals surface area contributed by atoms with Crippen LogP contribution >= 0.6 is 23.2 Å². The Bertz CT molecular complexity index is 762. The number of halogens is 2. The van der Waals surface area contributed by atoms with Gasteiger partial charge < -0.3 is 9.64 Å². The Labute approximate surface area is 170 Å². The molecule has 3 rings (SSSR count). The van der Waals surface area contributed by atoms with Crippen molar-refractivity contribution in [2.24, 2.45) is 0 Å². The van der Waals surface area contributed by atoms with Gasteiger partial charge in [0.15, 0.2) is 0 Å². The monoisotopic (exact) mass is 406 g/mol. The van der Waals surface area contributed by atoms with Crippen LogP contribution < -0.4 is 4.74 Å². The van der Waals surface area contributed by atoms with E-state index in [0.717, 1.165) is 38.0 Å². The molecule has 0 bridgehead atoms. The Morgan fingerprint density at radius 2 is 1.85 bits per heavy atom. The SMILES string of the molecule is CN(CCOc1cc(Cl)ccc1Cl)C1CCN(C(=O)c2ccccc2)CC1. The number of amides is 1. The molecule has 0 N–H and O–H groups in total. The molecule has 0 aromatic heterocycles. The highest BCUT2D eigenvalue weighted by atomic mass is 35.5. The molecule has 144 valence electrons. The molecule has 1 heterocycles. The topological polar surface area (TPSA) is 32.8 Å². The van der Waals surface area contributed by atoms with Crippen LogP contribution in [0.25, 0.3) is 0 Å². The lowest BCUT2D eigenvalue weighted by atomic mass is 10.0. The second-order valence-corrected chi connectivity index (χ2v) is 7.64. The van der Waals surface area contributed by atoms with Crippen LogP contribution in [0.2, 0.25) is 10.0 Å². The van der Waals surface area contributed by atoms with Crippen molar-refractivity contribution in [2.75, 3.05) is 33.3 Å². The number of carbonyl (C=O) groups is 1. The van der Waals surface area contributed by atoms with Crippen molar-refractivity contribution >= 4 is 29.1 Å². The molecule has 1 aliphatic rings. The van der Waals surface area contributed by atoms with Crippen LogP contribution in [0.5, 0.6) is 5.75 Å². The van der Waals surface area contributed by atoms with E-state index < -0.39 is 0 Å². The van der Waals surface area contributed by atoms with Crippen molar-refractivity contribution in [1.29, 1.82) is 0 Å². The standard InChI is InChI=1S/C21H24Cl2N2O2/c1-24(13-14-27-20-15-17(22)7-8-19(20)23)18-9-11-25(12-10-18)21(26)16-5-3-2-4-6-16/h2-8,15,18H,9-14H2,1H3. The van der Waals surface area contributed by atoms with Gasteiger partial charge in [0, 0.05) is 42.3 Å². The Morgan fingerprint density at radius 3 is 2.56 bits per heavy atom. The number of likely N-dealkylation sites (N-methyl/N-ethyl adjacent to an activating group) is 1. The molecule has 1 fully saturated rings. The minimum absolute atomic E-state index is 0.121. The quantitative estimate of drug-likeness (QED) is 0.701. The zero-order valence-corrected chi connectivity index (χ0v) is 16.9. The molecule has 1 amide bonds. The lowest BCUT2D eigenvalue weighted by molar-refractivity contribution is 0.0633. The van der Waals surface area contributed by atoms with Crippen molar-refractivity contribution < 1.29 is 9.53 Å². The fourth-order valence-corrected chi connectivity index (χ4v) is 3.68. The summed E-state index contributed by atoms with van der Waals surface area (Å²) in [6, 6.07) is 15.1. The largest absolute Gasteiger partial charge is 0.491 e. The van der Waals surface area contributed by atoms with E-state index in [4.69, 9.17) is 27.9 Å². The number of likely N-dealkylation sites (tertiary alicyclic amines) is 1. The van der Waals surface area contributed by atoms with E-state index in [1.165, 1.54) is 0 Å². The van der Waals surface area contributed by atoms with Crippen LogP contribution in [0.4, 0.5) is 0 Å². The van der Waals surface area contributed by atoms with Crippen molar-refractivity contribution in [2.45, 2.75) is 18.9 Å². The Balaban J connectivity index is 1.44. The fourth-order valence-electron chi connectivity index (χ4n) is 3.34. The molecule has 6 heteroatoms. The van der Waals surface area contributed by atoms with E-state index in [9.17, 15) is 4.79 Å². The van der Waals surface area contributed by atoms with E-state index in [2.05, 4.69) is 11.9 Å². The average molecular weight is 407 g/mol. The molecule has 1 saturated heterocycles. The number of hydrogen-bond donors (Lipinski definition) is 0. The zero-order chi connectivity index (χ0) is 19.2. The first-order valence-corrected chi connectivity index (χ1v) is 9.92. The van der Waals surface area contributed by atoms with Crippen LogP contribution in [-0.4, -0.2) is 55.0 Å². The van der Waals surface area contributed by atoms with Gasteiger partial charge in [0.05, 0.1) is 5.02 Å². The number of nitrogens with zero attached hydrogens (tertiary/aromatic N) is 2. The minimum atomic E-state index is 0.121. The maximum Gasteiger partial charge on any atom is 0.253 e. The third-order valence-electron chi connectivity index (χ3n) is 4.99. The molecule has 2 aromatic carbocycles. The summed E-state index contributed by atoms with van der Waals surface area (Å²) in [6.45, 7) is 2.90. The van der Waals surface area contributed by atoms with Gasteiger partial charge in [-0.2, -0.15) is 0 Å². The summed E-state index contributed by atoms with van der Waals surface area (Å²) < 4.78 is 5.77. The first-order chi connectivity index (χ1) is 13.0. The van der Waals surface area contributed by atoms with Gasteiger partial charge in [0.25, 0.3) is 5.91 Å². The third kappa shape index (κ3) is 5.38. The lowest BCUT2D eigenvalue weighted by Crippen LogP contribution is -2.46. The number of ether oxygens (including phenoxy) is 1. The molecule has 0 aliphatic carbocycles. The summed E-state index contributed by atoms with van der Waals surface area (Å²) >= 11 is 12.1. The van der Waals surface area contributed by atoms with Gasteiger partial charge >= 0.3 is 0 Å². The molecule has 0 spiro atoms. The van der Waals surface area contributed by atoms with Gasteiger partial charge in [-0.25, -0.2) is 0 Å². The van der Waals surface area contributed by atoms with Gasteiger partial charge in [-0.3, -0.25) is 9.69 Å². The Hall–Kier alpha value is -1.75. The smallest absolute Gasteiger partial charge is 0.253 e. The van der Waals surface area contributed by atoms with Gasteiger partial charge in [0.2, 0.25) is 0 Å². The highest BCUT2D eigenvalue weighted by Crippen LogP contribution is 2.27. The van der Waals surface area contributed by atoms with Gasteiger partial charge in [-0.05, 0) is 44.2 Å². The minimum Gasteiger partial charge on any atom is -0.491 e. The third-order valence-corrected chi connectivity index (χ3v) is 5.54. The second kappa shape index (κ2) is 9.45. The molecule has 1 aliphatic heterocycles. The van der Waals surface area contributed by atoms with Crippen molar-refractivity contribution in [3.63, 3.8) is 0 Å². The fraction of sp³-hybridized carbons (Fsp3) is 0.381. The molecule has 0 saturated carbocycles. The summed E-state index contributed by atoms with van der Waals surface area (Å²) in [4.78, 5) is 16.8. The lowest BCUT2D eigenvalue weighted by Gasteiger charge is -2.36. The van der Waals surface area contributed by atoms with Crippen molar-refractivity contribution in [1.82, 2.24) is 9.80 Å². The van der Waals surface area contributed by atoms with Gasteiger partial charge in [-0.15, -0.1) is 0 Å². The number of hydrogen-bond acceptors (Lipinski definition) is 3. The molecule has 0 radical (unpaired) electrons. The maximum atomic E-state index is 12.5. The Kier molecular flexibility index (Phi) is 7.00. The number of piperidine rings is 1. The van der Waals surface area contributed by atoms with Crippen molar-refractivity contribution in [3.8, 4) is 5.75 Å². The predicted octanol–water partition coefficient (Wildman–Crippen LogP) is 4.61. The summed E-state index contributed by atoms with van der Waals surface area (Å²) in [5.74, 6) is 0.733. The molecule has 27 heavy (non-hydrogen) atoms. The number of benzene rings is 2. The van der Waals surface area contributed by atoms with Crippen LogP contribution in [0.3, 0.4) is 0 Å². The molecule has 0 unspecified atom stereocenters. The van der Waals surface area contributed by atoms with Crippen LogP contribution in [-0.2, 0) is 0 Å². The van der Waals surface area contributed by atoms with Gasteiger partial charge in [-0.1, -0.05) is 41.4 Å². The first-order valence-electron chi connectivity index (χ1n) is 9.17. The van der Waals surface area contributed by atoms with E-state index in [1.54, 1.807) is 18.2 Å². The summed E-state index contributed by atoms with van der Waals surface area (Å²) in [7, 11) is 2.10. The Morgan fingerprint density at radius 1 is 1.15 bits per heavy atom. The van der Waals surface area contributed by atoms with Crippen LogP contribution in [0.1, 0.15) is 23.2 Å². The molecular formula is C21H24Cl2N2O2. The van der Waals surface area contributed by atoms with E-state index in [-0.39, 0.29) is 5.91 Å².